The second-order valence-corrected chi connectivity index (χ2v) is 1.63. The summed E-state index contributed by atoms with van der Waals surface area (Å²) in [6.07, 6.45) is 2.52. The van der Waals surface area contributed by atoms with Crippen molar-refractivity contribution < 1.29 is 25.4 Å². The second-order valence-electron chi connectivity index (χ2n) is 1.63. The molecule has 1 fully saturated rings. The van der Waals surface area contributed by atoms with E-state index in [1.807, 2.05) is 0 Å². The normalized spacial score (nSPS) is 19.5. The average molecular weight is 80.1 g/mol. The zero-order valence-corrected chi connectivity index (χ0v) is 4.15. The zero-order chi connectivity index (χ0) is 3.70. The van der Waals surface area contributed by atoms with Gasteiger partial charge in [0, 0.05) is 6.61 Å². The molecule has 0 saturated heterocycles. The monoisotopic (exact) mass is 80.1 g/mol. The molecule has 0 aromatic carbocycles. The van der Waals surface area contributed by atoms with E-state index in [0.717, 1.165) is 0 Å². The third kappa shape index (κ3) is 1.87. The smallest absolute Gasteiger partial charge is 1.00 e. The van der Waals surface area contributed by atoms with Crippen molar-refractivity contribution in [2.45, 2.75) is 12.8 Å². The molecule has 1 aliphatic rings. The largest absolute Gasteiger partial charge is 1.00 e. The van der Waals surface area contributed by atoms with Gasteiger partial charge in [-0.2, -0.15) is 0 Å². The van der Waals surface area contributed by atoms with Gasteiger partial charge in [0.1, 0.15) is 0 Å². The third-order valence-electron chi connectivity index (χ3n) is 0.955. The van der Waals surface area contributed by atoms with Crippen molar-refractivity contribution in [2.75, 3.05) is 6.61 Å². The molecule has 1 aliphatic carbocycles. The number of hydrogen-bond donors (Lipinski definition) is 1. The molecule has 0 heterocycles. The van der Waals surface area contributed by atoms with Crippen molar-refractivity contribution >= 4 is 0 Å². The van der Waals surface area contributed by atoms with Gasteiger partial charge in [0.15, 0.2) is 0 Å². The van der Waals surface area contributed by atoms with Crippen LogP contribution in [0.2, 0.25) is 0 Å². The molecular formula is C4H9LiO. The molecule has 6 heavy (non-hydrogen) atoms. The summed E-state index contributed by atoms with van der Waals surface area (Å²) in [6, 6.07) is 0. The van der Waals surface area contributed by atoms with Gasteiger partial charge in [-0.3, -0.25) is 0 Å². The van der Waals surface area contributed by atoms with E-state index in [2.05, 4.69) is 0 Å². The fraction of sp³-hybridized carbons (Fsp3) is 1.00. The van der Waals surface area contributed by atoms with Crippen LogP contribution in [0.25, 0.3) is 0 Å². The van der Waals surface area contributed by atoms with Crippen molar-refractivity contribution in [3.8, 4) is 0 Å². The van der Waals surface area contributed by atoms with E-state index in [-0.39, 0.29) is 20.3 Å². The summed E-state index contributed by atoms with van der Waals surface area (Å²) in [4.78, 5) is 0. The summed E-state index contributed by atoms with van der Waals surface area (Å²) in [5.74, 6) is 0.690. The van der Waals surface area contributed by atoms with E-state index < -0.39 is 0 Å². The Kier molecular flexibility index (Phi) is 2.93. The molecule has 0 atom stereocenters. The molecule has 1 saturated carbocycles. The molecule has 0 aliphatic heterocycles. The SMILES string of the molecule is OCC1CC1.[H-].[Li+]. The van der Waals surface area contributed by atoms with E-state index in [1.165, 1.54) is 12.8 Å². The van der Waals surface area contributed by atoms with Crippen molar-refractivity contribution in [2.24, 2.45) is 5.92 Å². The van der Waals surface area contributed by atoms with Gasteiger partial charge in [0.25, 0.3) is 0 Å². The van der Waals surface area contributed by atoms with E-state index in [1.54, 1.807) is 0 Å². The molecular weight excluding hydrogens is 71.0 g/mol. The van der Waals surface area contributed by atoms with Gasteiger partial charge < -0.3 is 6.53 Å². The molecule has 2 heteroatoms. The van der Waals surface area contributed by atoms with Gasteiger partial charge >= 0.3 is 18.9 Å². The molecule has 1 rings (SSSR count). The van der Waals surface area contributed by atoms with Crippen molar-refractivity contribution in [3.63, 3.8) is 0 Å². The summed E-state index contributed by atoms with van der Waals surface area (Å²) in [5.41, 5.74) is 0. The van der Waals surface area contributed by atoms with Crippen LogP contribution in [-0.2, 0) is 0 Å². The van der Waals surface area contributed by atoms with Crippen LogP contribution < -0.4 is 18.9 Å². The minimum absolute atomic E-state index is 0. The van der Waals surface area contributed by atoms with E-state index in [9.17, 15) is 0 Å². The van der Waals surface area contributed by atoms with Crippen LogP contribution in [0.3, 0.4) is 0 Å². The van der Waals surface area contributed by atoms with Gasteiger partial charge in [-0.15, -0.1) is 0 Å². The Balaban J connectivity index is 0. The Morgan fingerprint density at radius 3 is 2.17 bits per heavy atom. The van der Waals surface area contributed by atoms with E-state index >= 15 is 0 Å². The van der Waals surface area contributed by atoms with Crippen molar-refractivity contribution in [1.82, 2.24) is 0 Å². The zero-order valence-electron chi connectivity index (χ0n) is 5.15. The molecule has 1 N–H and O–H groups in total. The van der Waals surface area contributed by atoms with Crippen LogP contribution >= 0.6 is 0 Å². The maximum atomic E-state index is 8.21. The molecule has 1 nitrogen and oxygen atoms in total. The number of hydrogen-bond acceptors (Lipinski definition) is 1. The van der Waals surface area contributed by atoms with Gasteiger partial charge in [-0.1, -0.05) is 0 Å². The Labute approximate surface area is 51.4 Å². The maximum Gasteiger partial charge on any atom is 1.00 e. The molecule has 0 spiro atoms. The predicted molar refractivity (Wildman–Crippen MR) is 20.9 cm³/mol. The fourth-order valence-corrected chi connectivity index (χ4v) is 0.300. The van der Waals surface area contributed by atoms with Crippen LogP contribution in [-0.4, -0.2) is 11.7 Å². The number of rotatable bonds is 1. The summed E-state index contributed by atoms with van der Waals surface area (Å²) < 4.78 is 0. The first-order valence-corrected chi connectivity index (χ1v) is 2.04. The average Bonchev–Trinajstić information content (AvgIpc) is 2.12. The van der Waals surface area contributed by atoms with Crippen LogP contribution in [0, 0.1) is 5.92 Å². The predicted octanol–water partition coefficient (Wildman–Crippen LogP) is -2.49. The van der Waals surface area contributed by atoms with Crippen molar-refractivity contribution in [3.05, 3.63) is 0 Å². The minimum Gasteiger partial charge on any atom is -1.00 e. The minimum atomic E-state index is 0. The number of aliphatic hydroxyl groups excluding tert-OH is 1. The summed E-state index contributed by atoms with van der Waals surface area (Å²) in [5, 5.41) is 8.21. The van der Waals surface area contributed by atoms with Gasteiger partial charge in [-0.05, 0) is 18.8 Å². The Bertz CT molecular complexity index is 38.7. The summed E-state index contributed by atoms with van der Waals surface area (Å²) in [7, 11) is 0. The first-order valence-electron chi connectivity index (χ1n) is 2.04. The van der Waals surface area contributed by atoms with Gasteiger partial charge in [-0.25, -0.2) is 0 Å². The van der Waals surface area contributed by atoms with Gasteiger partial charge in [0.05, 0.1) is 0 Å². The van der Waals surface area contributed by atoms with Crippen LogP contribution in [0.4, 0.5) is 0 Å². The first-order chi connectivity index (χ1) is 2.43. The number of aliphatic hydroxyl groups is 1. The van der Waals surface area contributed by atoms with Crippen molar-refractivity contribution in [1.29, 1.82) is 0 Å². The fourth-order valence-electron chi connectivity index (χ4n) is 0.300. The van der Waals surface area contributed by atoms with E-state index in [0.29, 0.717) is 12.5 Å². The Morgan fingerprint density at radius 1 is 1.67 bits per heavy atom. The topological polar surface area (TPSA) is 20.2 Å². The molecule has 0 amide bonds. The van der Waals surface area contributed by atoms with E-state index in [4.69, 9.17) is 5.11 Å². The molecule has 0 unspecified atom stereocenters. The molecule has 32 valence electrons. The third-order valence-corrected chi connectivity index (χ3v) is 0.955. The van der Waals surface area contributed by atoms with Crippen LogP contribution in [0.1, 0.15) is 14.3 Å². The molecule has 0 radical (unpaired) electrons. The quantitative estimate of drug-likeness (QED) is 0.345. The van der Waals surface area contributed by atoms with Gasteiger partial charge in [0.2, 0.25) is 0 Å². The molecule has 0 aromatic rings. The second kappa shape index (κ2) is 2.68. The maximum absolute atomic E-state index is 8.21. The summed E-state index contributed by atoms with van der Waals surface area (Å²) in [6.45, 7) is 0.417. The summed E-state index contributed by atoms with van der Waals surface area (Å²) >= 11 is 0. The molecule has 0 bridgehead atoms. The molecule has 0 aromatic heterocycles. The standard InChI is InChI=1S/C4H8O.Li.H/c5-3-4-1-2-4;;/h4-5H,1-3H2;;/q;+1;-1. The first kappa shape index (κ1) is 6.56. The van der Waals surface area contributed by atoms with Crippen LogP contribution in [0.15, 0.2) is 0 Å². The van der Waals surface area contributed by atoms with Crippen LogP contribution in [0.5, 0.6) is 0 Å². The Morgan fingerprint density at radius 2 is 2.17 bits per heavy atom. The Hall–Kier alpha value is 0.557.